The molecule has 3 aromatic heterocycles. The average Bonchev–Trinajstić information content (AvgIpc) is 3.84. The molecule has 0 saturated heterocycles. The van der Waals surface area contributed by atoms with Crippen LogP contribution in [0.15, 0.2) is 138 Å². The Morgan fingerprint density at radius 1 is 0.571 bits per heavy atom. The molecule has 9 rings (SSSR count). The lowest BCUT2D eigenvalue weighted by Gasteiger charge is -2.24. The van der Waals surface area contributed by atoms with Crippen LogP contribution in [0.2, 0.25) is 0 Å². The van der Waals surface area contributed by atoms with Crippen molar-refractivity contribution in [1.82, 2.24) is 9.55 Å². The highest BCUT2D eigenvalue weighted by Gasteiger charge is 2.25. The van der Waals surface area contributed by atoms with Gasteiger partial charge in [0, 0.05) is 25.6 Å². The molecule has 0 fully saturated rings. The van der Waals surface area contributed by atoms with Gasteiger partial charge in [-0.15, -0.1) is 11.3 Å². The third-order valence-electron chi connectivity index (χ3n) is 9.83. The highest BCUT2D eigenvalue weighted by atomic mass is 32.1. The first-order valence-corrected chi connectivity index (χ1v) is 17.9. The summed E-state index contributed by atoms with van der Waals surface area (Å²) in [6.45, 7) is 9.18. The Morgan fingerprint density at radius 2 is 1.22 bits per heavy atom. The molecule has 0 amide bonds. The number of hydrogen-bond acceptors (Lipinski definition) is 3. The SMILES string of the molecule is CC(C)c1cc(-c2ccccc2)cc(C(C)C)c1-n1c(-c2coc3ccc(-c4ccc5sc6ccccc6c5c4)cc23)nc2ccccc21. The van der Waals surface area contributed by atoms with Crippen LogP contribution in [0.5, 0.6) is 0 Å². The van der Waals surface area contributed by atoms with E-state index in [9.17, 15) is 0 Å². The summed E-state index contributed by atoms with van der Waals surface area (Å²) in [5.41, 5.74) is 12.6. The molecule has 238 valence electrons. The number of thiophene rings is 1. The Kier molecular flexibility index (Phi) is 7.03. The van der Waals surface area contributed by atoms with Crippen LogP contribution in [0.3, 0.4) is 0 Å². The second-order valence-electron chi connectivity index (χ2n) is 13.6. The normalized spacial score (nSPS) is 12.0. The van der Waals surface area contributed by atoms with E-state index in [1.807, 2.05) is 17.6 Å². The van der Waals surface area contributed by atoms with Gasteiger partial charge >= 0.3 is 0 Å². The zero-order valence-electron chi connectivity index (χ0n) is 28.1. The smallest absolute Gasteiger partial charge is 0.149 e. The highest BCUT2D eigenvalue weighted by molar-refractivity contribution is 7.25. The molecule has 0 bridgehead atoms. The van der Waals surface area contributed by atoms with Gasteiger partial charge in [-0.1, -0.05) is 100 Å². The summed E-state index contributed by atoms with van der Waals surface area (Å²) in [6, 6.07) is 46.1. The van der Waals surface area contributed by atoms with Gasteiger partial charge in [0.05, 0.1) is 22.3 Å². The van der Waals surface area contributed by atoms with Crippen LogP contribution in [0, 0.1) is 0 Å². The van der Waals surface area contributed by atoms with Gasteiger partial charge in [-0.3, -0.25) is 4.57 Å². The highest BCUT2D eigenvalue weighted by Crippen LogP contribution is 2.43. The van der Waals surface area contributed by atoms with Crippen LogP contribution in [0.1, 0.15) is 50.7 Å². The molecule has 0 saturated carbocycles. The Bertz CT molecular complexity index is 2640. The molecule has 0 aliphatic rings. The Balaban J connectivity index is 1.28. The van der Waals surface area contributed by atoms with Crippen molar-refractivity contribution >= 4 is 53.5 Å². The number of imidazole rings is 1. The maximum Gasteiger partial charge on any atom is 0.149 e. The lowest BCUT2D eigenvalue weighted by molar-refractivity contribution is 0.616. The fourth-order valence-electron chi connectivity index (χ4n) is 7.34. The molecule has 3 heterocycles. The first-order valence-electron chi connectivity index (χ1n) is 17.1. The van der Waals surface area contributed by atoms with E-state index in [1.54, 1.807) is 0 Å². The lowest BCUT2D eigenvalue weighted by atomic mass is 9.88. The molecular weight excluding hydrogens is 617 g/mol. The van der Waals surface area contributed by atoms with Crippen LogP contribution in [0.25, 0.3) is 81.5 Å². The maximum absolute atomic E-state index is 6.28. The molecular formula is C45H36N2OS. The van der Waals surface area contributed by atoms with E-state index < -0.39 is 0 Å². The number of furan rings is 1. The van der Waals surface area contributed by atoms with Crippen LogP contribution < -0.4 is 0 Å². The van der Waals surface area contributed by atoms with Crippen molar-refractivity contribution in [2.24, 2.45) is 0 Å². The minimum absolute atomic E-state index is 0.293. The quantitative estimate of drug-likeness (QED) is 0.179. The minimum atomic E-state index is 0.293. The van der Waals surface area contributed by atoms with Crippen molar-refractivity contribution in [1.29, 1.82) is 0 Å². The van der Waals surface area contributed by atoms with Gasteiger partial charge in [-0.2, -0.15) is 0 Å². The first-order chi connectivity index (χ1) is 23.9. The van der Waals surface area contributed by atoms with Gasteiger partial charge in [0.25, 0.3) is 0 Å². The minimum Gasteiger partial charge on any atom is -0.464 e. The molecule has 0 N–H and O–H groups in total. The molecule has 0 atom stereocenters. The van der Waals surface area contributed by atoms with Crippen molar-refractivity contribution in [3.63, 3.8) is 0 Å². The number of para-hydroxylation sites is 2. The second-order valence-corrected chi connectivity index (χ2v) is 14.7. The van der Waals surface area contributed by atoms with Gasteiger partial charge in [0.15, 0.2) is 0 Å². The zero-order valence-corrected chi connectivity index (χ0v) is 28.9. The largest absolute Gasteiger partial charge is 0.464 e. The molecule has 9 aromatic rings. The zero-order chi connectivity index (χ0) is 33.2. The van der Waals surface area contributed by atoms with E-state index in [-0.39, 0.29) is 0 Å². The predicted octanol–water partition coefficient (Wildman–Crippen LogP) is 13.4. The Morgan fingerprint density at radius 3 is 2.00 bits per heavy atom. The molecule has 0 aliphatic heterocycles. The van der Waals surface area contributed by atoms with E-state index in [4.69, 9.17) is 9.40 Å². The molecule has 49 heavy (non-hydrogen) atoms. The van der Waals surface area contributed by atoms with Crippen molar-refractivity contribution in [2.45, 2.75) is 39.5 Å². The number of rotatable bonds is 6. The molecule has 0 spiro atoms. The van der Waals surface area contributed by atoms with Gasteiger partial charge in [-0.25, -0.2) is 4.98 Å². The summed E-state index contributed by atoms with van der Waals surface area (Å²) in [5.74, 6) is 1.48. The average molecular weight is 653 g/mol. The summed E-state index contributed by atoms with van der Waals surface area (Å²) < 4.78 is 11.3. The summed E-state index contributed by atoms with van der Waals surface area (Å²) in [7, 11) is 0. The molecule has 0 aliphatic carbocycles. The number of fused-ring (bicyclic) bond motifs is 5. The van der Waals surface area contributed by atoms with Gasteiger partial charge in [0.2, 0.25) is 0 Å². The first kappa shape index (κ1) is 29.7. The fourth-order valence-corrected chi connectivity index (χ4v) is 8.42. The molecule has 0 radical (unpaired) electrons. The topological polar surface area (TPSA) is 31.0 Å². The number of nitrogens with zero attached hydrogens (tertiary/aromatic N) is 2. The standard InChI is InChI=1S/C45H36N2OS/c1-27(2)34-24-32(29-12-6-5-7-13-29)25-35(28(3)4)44(34)47-40-16-10-9-15-39(40)46-45(47)38-26-48-41-20-18-30(22-36(38)41)31-19-21-43-37(23-31)33-14-8-11-17-42(33)49-43/h5-28H,1-4H3. The third kappa shape index (κ3) is 4.90. The van der Waals surface area contributed by atoms with Crippen molar-refractivity contribution in [2.75, 3.05) is 0 Å². The predicted molar refractivity (Wildman–Crippen MR) is 208 cm³/mol. The van der Waals surface area contributed by atoms with Crippen molar-refractivity contribution < 1.29 is 4.42 Å². The van der Waals surface area contributed by atoms with Gasteiger partial charge < -0.3 is 4.42 Å². The van der Waals surface area contributed by atoms with E-state index in [0.29, 0.717) is 11.8 Å². The number of hydrogen-bond donors (Lipinski definition) is 0. The lowest BCUT2D eigenvalue weighted by Crippen LogP contribution is -2.09. The molecule has 4 heteroatoms. The molecule has 6 aromatic carbocycles. The Labute approximate surface area is 290 Å². The summed E-state index contributed by atoms with van der Waals surface area (Å²) in [5, 5.41) is 3.67. The van der Waals surface area contributed by atoms with Gasteiger partial charge in [-0.05, 0) is 99.8 Å². The number of aromatic nitrogens is 2. The summed E-state index contributed by atoms with van der Waals surface area (Å²) in [6.07, 6.45) is 1.89. The molecule has 0 unspecified atom stereocenters. The summed E-state index contributed by atoms with van der Waals surface area (Å²) >= 11 is 1.85. The monoisotopic (exact) mass is 652 g/mol. The van der Waals surface area contributed by atoms with Crippen LogP contribution in [-0.2, 0) is 0 Å². The Hall–Kier alpha value is -5.45. The van der Waals surface area contributed by atoms with Crippen molar-refractivity contribution in [3.8, 4) is 39.3 Å². The van der Waals surface area contributed by atoms with Gasteiger partial charge in [0.1, 0.15) is 17.7 Å². The van der Waals surface area contributed by atoms with Crippen molar-refractivity contribution in [3.05, 3.63) is 145 Å². The second kappa shape index (κ2) is 11.6. The summed E-state index contributed by atoms with van der Waals surface area (Å²) in [4.78, 5) is 5.34. The van der Waals surface area contributed by atoms with Crippen LogP contribution >= 0.6 is 11.3 Å². The maximum atomic E-state index is 6.28. The van der Waals surface area contributed by atoms with E-state index in [1.165, 1.54) is 53.7 Å². The molecule has 3 nitrogen and oxygen atoms in total. The van der Waals surface area contributed by atoms with Crippen LogP contribution in [0.4, 0.5) is 0 Å². The van der Waals surface area contributed by atoms with E-state index in [0.717, 1.165) is 39.0 Å². The third-order valence-corrected chi connectivity index (χ3v) is 11.0. The number of benzene rings is 6. The van der Waals surface area contributed by atoms with Crippen LogP contribution in [-0.4, -0.2) is 9.55 Å². The van der Waals surface area contributed by atoms with E-state index in [2.05, 4.69) is 160 Å². The fraction of sp³-hybridized carbons (Fsp3) is 0.133. The van der Waals surface area contributed by atoms with E-state index >= 15 is 0 Å².